The molecule has 1 heterocycles. The molecule has 0 saturated carbocycles. The number of nitro groups is 1. The molecule has 0 aliphatic carbocycles. The van der Waals surface area contributed by atoms with Gasteiger partial charge < -0.3 is 5.32 Å². The fourth-order valence-corrected chi connectivity index (χ4v) is 1.46. The zero-order chi connectivity index (χ0) is 14.4. The van der Waals surface area contributed by atoms with Crippen LogP contribution in [0.4, 0.5) is 5.69 Å². The van der Waals surface area contributed by atoms with Crippen LogP contribution in [0.2, 0.25) is 0 Å². The van der Waals surface area contributed by atoms with E-state index in [0.717, 1.165) is 0 Å². The number of hydrogen-bond donors (Lipinski definition) is 2. The first-order valence-electron chi connectivity index (χ1n) is 5.70. The normalized spacial score (nSPS) is 10.6. The number of aromatic amines is 1. The molecule has 0 saturated heterocycles. The van der Waals surface area contributed by atoms with Gasteiger partial charge in [0.15, 0.2) is 0 Å². The molecule has 2 rings (SSSR count). The van der Waals surface area contributed by atoms with Crippen molar-refractivity contribution in [3.63, 3.8) is 0 Å². The standard InChI is InChI=1S/C12H11N5O3/c18-12(13-7-11-14-8-15-16-11)5-4-9-2-1-3-10(6-9)17(19)20/h1-6,8H,7H2,(H,13,18)(H,14,15,16)/b5-4+. The number of carbonyl (C=O) groups is 1. The summed E-state index contributed by atoms with van der Waals surface area (Å²) in [4.78, 5) is 25.5. The number of carbonyl (C=O) groups excluding carboxylic acids is 1. The predicted molar refractivity (Wildman–Crippen MR) is 70.4 cm³/mol. The molecule has 8 nitrogen and oxygen atoms in total. The molecular formula is C12H11N5O3. The quantitative estimate of drug-likeness (QED) is 0.480. The number of benzene rings is 1. The van der Waals surface area contributed by atoms with Crippen molar-refractivity contribution in [2.45, 2.75) is 6.54 Å². The molecule has 0 fully saturated rings. The molecule has 0 aliphatic heterocycles. The van der Waals surface area contributed by atoms with E-state index in [2.05, 4.69) is 20.5 Å². The van der Waals surface area contributed by atoms with Crippen LogP contribution in [-0.4, -0.2) is 26.0 Å². The smallest absolute Gasteiger partial charge is 0.270 e. The molecule has 0 bridgehead atoms. The third kappa shape index (κ3) is 3.73. The maximum atomic E-state index is 11.5. The predicted octanol–water partition coefficient (Wildman–Crippen LogP) is 1.04. The van der Waals surface area contributed by atoms with E-state index in [1.807, 2.05) is 0 Å². The first-order chi connectivity index (χ1) is 9.65. The maximum Gasteiger partial charge on any atom is 0.270 e. The summed E-state index contributed by atoms with van der Waals surface area (Å²) in [6.45, 7) is 0.234. The third-order valence-corrected chi connectivity index (χ3v) is 2.40. The SMILES string of the molecule is O=C(/C=C/c1cccc([N+](=O)[O-])c1)NCc1ncn[nH]1. The Bertz CT molecular complexity index is 636. The molecule has 1 amide bonds. The van der Waals surface area contributed by atoms with Crippen molar-refractivity contribution in [3.8, 4) is 0 Å². The summed E-state index contributed by atoms with van der Waals surface area (Å²) in [6, 6.07) is 6.01. The van der Waals surface area contributed by atoms with Crippen molar-refractivity contribution in [2.75, 3.05) is 0 Å². The van der Waals surface area contributed by atoms with Crippen LogP contribution in [0.25, 0.3) is 6.08 Å². The summed E-state index contributed by atoms with van der Waals surface area (Å²) >= 11 is 0. The van der Waals surface area contributed by atoms with Crippen LogP contribution < -0.4 is 5.32 Å². The Hall–Kier alpha value is -3.03. The Morgan fingerprint density at radius 2 is 2.35 bits per heavy atom. The van der Waals surface area contributed by atoms with Crippen molar-refractivity contribution in [3.05, 3.63) is 58.2 Å². The van der Waals surface area contributed by atoms with E-state index in [1.165, 1.54) is 30.6 Å². The zero-order valence-electron chi connectivity index (χ0n) is 10.3. The van der Waals surface area contributed by atoms with E-state index in [1.54, 1.807) is 12.1 Å². The fourth-order valence-electron chi connectivity index (χ4n) is 1.46. The van der Waals surface area contributed by atoms with Crippen LogP contribution in [0, 0.1) is 10.1 Å². The van der Waals surface area contributed by atoms with Gasteiger partial charge in [-0.15, -0.1) is 0 Å². The molecule has 20 heavy (non-hydrogen) atoms. The maximum absolute atomic E-state index is 11.5. The van der Waals surface area contributed by atoms with Crippen LogP contribution >= 0.6 is 0 Å². The van der Waals surface area contributed by atoms with Gasteiger partial charge in [0, 0.05) is 18.2 Å². The Kier molecular flexibility index (Phi) is 4.17. The Balaban J connectivity index is 1.93. The number of nitrogens with zero attached hydrogens (tertiary/aromatic N) is 3. The highest BCUT2D eigenvalue weighted by Crippen LogP contribution is 2.13. The van der Waals surface area contributed by atoms with Gasteiger partial charge in [0.1, 0.15) is 12.2 Å². The fraction of sp³-hybridized carbons (Fsp3) is 0.0833. The summed E-state index contributed by atoms with van der Waals surface area (Å²) in [5.74, 6) is 0.218. The summed E-state index contributed by atoms with van der Waals surface area (Å²) in [5, 5.41) is 19.5. The third-order valence-electron chi connectivity index (χ3n) is 2.40. The van der Waals surface area contributed by atoms with Crippen molar-refractivity contribution >= 4 is 17.7 Å². The number of rotatable bonds is 5. The average Bonchev–Trinajstić information content (AvgIpc) is 2.96. The van der Waals surface area contributed by atoms with Gasteiger partial charge in [-0.25, -0.2) is 4.98 Å². The van der Waals surface area contributed by atoms with Crippen molar-refractivity contribution in [2.24, 2.45) is 0 Å². The van der Waals surface area contributed by atoms with Crippen LogP contribution in [0.1, 0.15) is 11.4 Å². The van der Waals surface area contributed by atoms with Crippen LogP contribution in [0.3, 0.4) is 0 Å². The minimum atomic E-state index is -0.485. The van der Waals surface area contributed by atoms with E-state index < -0.39 is 4.92 Å². The number of aromatic nitrogens is 3. The van der Waals surface area contributed by atoms with Gasteiger partial charge in [0.25, 0.3) is 5.69 Å². The summed E-state index contributed by atoms with van der Waals surface area (Å²) in [6.07, 6.45) is 4.15. The molecule has 1 aromatic heterocycles. The molecule has 0 unspecified atom stereocenters. The Morgan fingerprint density at radius 1 is 1.50 bits per heavy atom. The second kappa shape index (κ2) is 6.23. The Labute approximate surface area is 113 Å². The molecule has 102 valence electrons. The molecule has 0 atom stereocenters. The topological polar surface area (TPSA) is 114 Å². The summed E-state index contributed by atoms with van der Waals surface area (Å²) < 4.78 is 0. The van der Waals surface area contributed by atoms with E-state index in [9.17, 15) is 14.9 Å². The van der Waals surface area contributed by atoms with E-state index in [4.69, 9.17) is 0 Å². The van der Waals surface area contributed by atoms with Gasteiger partial charge in [-0.05, 0) is 11.6 Å². The van der Waals surface area contributed by atoms with Gasteiger partial charge >= 0.3 is 0 Å². The molecule has 2 N–H and O–H groups in total. The van der Waals surface area contributed by atoms with Gasteiger partial charge in [-0.1, -0.05) is 12.1 Å². The molecular weight excluding hydrogens is 262 g/mol. The number of amides is 1. The number of nitrogens with one attached hydrogen (secondary N) is 2. The highest BCUT2D eigenvalue weighted by molar-refractivity contribution is 5.91. The van der Waals surface area contributed by atoms with Gasteiger partial charge in [0.05, 0.1) is 11.5 Å². The van der Waals surface area contributed by atoms with Gasteiger partial charge in [-0.2, -0.15) is 5.10 Å². The van der Waals surface area contributed by atoms with Crippen LogP contribution in [0.15, 0.2) is 36.7 Å². The van der Waals surface area contributed by atoms with E-state index >= 15 is 0 Å². The molecule has 0 aliphatic rings. The van der Waals surface area contributed by atoms with Gasteiger partial charge in [-0.3, -0.25) is 20.0 Å². The largest absolute Gasteiger partial charge is 0.345 e. The minimum Gasteiger partial charge on any atom is -0.345 e. The van der Waals surface area contributed by atoms with Crippen molar-refractivity contribution in [1.82, 2.24) is 20.5 Å². The molecule has 1 aromatic carbocycles. The molecule has 8 heteroatoms. The lowest BCUT2D eigenvalue weighted by Crippen LogP contribution is -2.20. The molecule has 0 radical (unpaired) electrons. The van der Waals surface area contributed by atoms with E-state index in [0.29, 0.717) is 11.4 Å². The first kappa shape index (κ1) is 13.4. The van der Waals surface area contributed by atoms with Gasteiger partial charge in [0.2, 0.25) is 5.91 Å². The van der Waals surface area contributed by atoms with Crippen molar-refractivity contribution < 1.29 is 9.72 Å². The van der Waals surface area contributed by atoms with Crippen LogP contribution in [-0.2, 0) is 11.3 Å². The summed E-state index contributed by atoms with van der Waals surface area (Å²) in [5.41, 5.74) is 0.559. The lowest BCUT2D eigenvalue weighted by atomic mass is 10.2. The van der Waals surface area contributed by atoms with Crippen molar-refractivity contribution in [1.29, 1.82) is 0 Å². The second-order valence-corrected chi connectivity index (χ2v) is 3.84. The number of H-pyrrole nitrogens is 1. The number of nitro benzene ring substituents is 1. The van der Waals surface area contributed by atoms with E-state index in [-0.39, 0.29) is 18.1 Å². The lowest BCUT2D eigenvalue weighted by Gasteiger charge is -1.98. The average molecular weight is 273 g/mol. The highest BCUT2D eigenvalue weighted by atomic mass is 16.6. The number of hydrogen-bond acceptors (Lipinski definition) is 5. The monoisotopic (exact) mass is 273 g/mol. The molecule has 2 aromatic rings. The lowest BCUT2D eigenvalue weighted by molar-refractivity contribution is -0.384. The molecule has 0 spiro atoms. The minimum absolute atomic E-state index is 0.0192. The highest BCUT2D eigenvalue weighted by Gasteiger charge is 2.04. The zero-order valence-corrected chi connectivity index (χ0v) is 10.3. The Morgan fingerprint density at radius 3 is 3.05 bits per heavy atom. The number of non-ortho nitro benzene ring substituents is 1. The first-order valence-corrected chi connectivity index (χ1v) is 5.70. The van der Waals surface area contributed by atoms with Crippen LogP contribution in [0.5, 0.6) is 0 Å². The summed E-state index contributed by atoms with van der Waals surface area (Å²) in [7, 11) is 0. The second-order valence-electron chi connectivity index (χ2n) is 3.84.